The molecular formula is C33H29N5O2. The van der Waals surface area contributed by atoms with Crippen LogP contribution in [0.4, 0.5) is 11.4 Å². The summed E-state index contributed by atoms with van der Waals surface area (Å²) in [4.78, 5) is 28.5. The number of benzene rings is 4. The van der Waals surface area contributed by atoms with Crippen molar-refractivity contribution in [2.24, 2.45) is 0 Å². The van der Waals surface area contributed by atoms with E-state index in [0.717, 1.165) is 23.4 Å². The van der Waals surface area contributed by atoms with E-state index in [-0.39, 0.29) is 18.4 Å². The van der Waals surface area contributed by atoms with Crippen LogP contribution < -0.4 is 16.0 Å². The summed E-state index contributed by atoms with van der Waals surface area (Å²) in [5.74, 6) is -0.508. The highest BCUT2D eigenvalue weighted by Crippen LogP contribution is 2.38. The molecule has 0 fully saturated rings. The molecule has 4 aromatic rings. The molecular weight excluding hydrogens is 498 g/mol. The number of amides is 2. The number of carbonyl (C=O) groups is 2. The van der Waals surface area contributed by atoms with Gasteiger partial charge in [0, 0.05) is 35.6 Å². The summed E-state index contributed by atoms with van der Waals surface area (Å²) in [5, 5.41) is 18.5. The van der Waals surface area contributed by atoms with Crippen molar-refractivity contribution in [3.63, 3.8) is 0 Å². The molecule has 0 saturated heterocycles. The number of anilines is 2. The van der Waals surface area contributed by atoms with Crippen molar-refractivity contribution >= 4 is 34.5 Å². The number of hydrogen-bond acceptors (Lipinski definition) is 5. The molecule has 0 aliphatic carbocycles. The minimum Gasteiger partial charge on any atom is -0.354 e. The van der Waals surface area contributed by atoms with E-state index in [9.17, 15) is 9.59 Å². The number of nitriles is 1. The van der Waals surface area contributed by atoms with Crippen LogP contribution in [-0.2, 0) is 17.9 Å². The largest absolute Gasteiger partial charge is 0.354 e. The Morgan fingerprint density at radius 1 is 0.875 bits per heavy atom. The standard InChI is InChI=1S/C33H29N5O2/c1-38(2)21-22-11-14-27(15-12-22)36-31(25-9-4-3-5-10-25)30-28-18-26(13-16-29(28)37-33(30)40)32(39)35-20-24-8-6-7-23(17-24)19-34/h3-18,36H,20-21H2,1-2H3,(H,35,39)(H,37,40). The maximum absolute atomic E-state index is 13.3. The smallest absolute Gasteiger partial charge is 0.258 e. The zero-order valence-electron chi connectivity index (χ0n) is 22.4. The summed E-state index contributed by atoms with van der Waals surface area (Å²) in [6, 6.07) is 32.2. The zero-order valence-corrected chi connectivity index (χ0v) is 22.4. The lowest BCUT2D eigenvalue weighted by atomic mass is 9.98. The lowest BCUT2D eigenvalue weighted by Gasteiger charge is -2.16. The van der Waals surface area contributed by atoms with Crippen LogP contribution in [-0.4, -0.2) is 30.8 Å². The van der Waals surface area contributed by atoms with Crippen molar-refractivity contribution in [2.45, 2.75) is 13.1 Å². The van der Waals surface area contributed by atoms with Gasteiger partial charge in [0.25, 0.3) is 11.8 Å². The van der Waals surface area contributed by atoms with Gasteiger partial charge in [-0.05, 0) is 73.3 Å². The molecule has 1 aliphatic heterocycles. The van der Waals surface area contributed by atoms with Crippen LogP contribution in [0.2, 0.25) is 0 Å². The highest BCUT2D eigenvalue weighted by Gasteiger charge is 2.29. The van der Waals surface area contributed by atoms with Crippen molar-refractivity contribution in [2.75, 3.05) is 24.7 Å². The second kappa shape index (κ2) is 11.7. The van der Waals surface area contributed by atoms with Crippen LogP contribution in [0.25, 0.3) is 11.3 Å². The van der Waals surface area contributed by atoms with Crippen LogP contribution >= 0.6 is 0 Å². The number of carbonyl (C=O) groups excluding carboxylic acids is 2. The third-order valence-electron chi connectivity index (χ3n) is 6.57. The molecule has 7 nitrogen and oxygen atoms in total. The zero-order chi connectivity index (χ0) is 28.1. The maximum Gasteiger partial charge on any atom is 0.258 e. The number of rotatable bonds is 8. The molecule has 4 aromatic carbocycles. The summed E-state index contributed by atoms with van der Waals surface area (Å²) < 4.78 is 0. The van der Waals surface area contributed by atoms with E-state index < -0.39 is 0 Å². The molecule has 0 aromatic heterocycles. The Bertz CT molecular complexity index is 1630. The Labute approximate surface area is 233 Å². The van der Waals surface area contributed by atoms with E-state index in [0.29, 0.717) is 33.6 Å². The van der Waals surface area contributed by atoms with Gasteiger partial charge in [-0.1, -0.05) is 54.6 Å². The molecule has 2 amide bonds. The van der Waals surface area contributed by atoms with Crippen molar-refractivity contribution in [3.05, 3.63) is 130 Å². The first-order chi connectivity index (χ1) is 19.4. The van der Waals surface area contributed by atoms with Gasteiger partial charge in [0.2, 0.25) is 0 Å². The first-order valence-corrected chi connectivity index (χ1v) is 12.9. The van der Waals surface area contributed by atoms with Gasteiger partial charge in [-0.3, -0.25) is 9.59 Å². The monoisotopic (exact) mass is 527 g/mol. The molecule has 0 unspecified atom stereocenters. The Balaban J connectivity index is 1.48. The van der Waals surface area contributed by atoms with Crippen molar-refractivity contribution < 1.29 is 9.59 Å². The maximum atomic E-state index is 13.3. The Kier molecular flexibility index (Phi) is 7.72. The van der Waals surface area contributed by atoms with E-state index in [1.165, 1.54) is 5.56 Å². The summed E-state index contributed by atoms with van der Waals surface area (Å²) in [5.41, 5.74) is 7.12. The fourth-order valence-electron chi connectivity index (χ4n) is 4.68. The number of nitrogens with zero attached hydrogens (tertiary/aromatic N) is 2. The van der Waals surface area contributed by atoms with Gasteiger partial charge < -0.3 is 20.9 Å². The second-order valence-corrected chi connectivity index (χ2v) is 9.89. The number of fused-ring (bicyclic) bond motifs is 1. The average molecular weight is 528 g/mol. The van der Waals surface area contributed by atoms with Crippen molar-refractivity contribution in [1.29, 1.82) is 5.26 Å². The summed E-state index contributed by atoms with van der Waals surface area (Å²) in [6.45, 7) is 1.11. The predicted octanol–water partition coefficient (Wildman–Crippen LogP) is 5.48. The van der Waals surface area contributed by atoms with E-state index in [1.54, 1.807) is 36.4 Å². The third kappa shape index (κ3) is 5.93. The third-order valence-corrected chi connectivity index (χ3v) is 6.57. The van der Waals surface area contributed by atoms with Crippen LogP contribution in [0.3, 0.4) is 0 Å². The Morgan fingerprint density at radius 3 is 2.38 bits per heavy atom. The molecule has 1 heterocycles. The minimum absolute atomic E-state index is 0.239. The number of nitrogens with one attached hydrogen (secondary N) is 3. The quantitative estimate of drug-likeness (QED) is 0.264. The van der Waals surface area contributed by atoms with E-state index in [2.05, 4.69) is 39.1 Å². The van der Waals surface area contributed by atoms with Crippen molar-refractivity contribution in [3.8, 4) is 6.07 Å². The fraction of sp³-hybridized carbons (Fsp3) is 0.121. The highest BCUT2D eigenvalue weighted by atomic mass is 16.2. The van der Waals surface area contributed by atoms with Crippen LogP contribution in [0.5, 0.6) is 0 Å². The van der Waals surface area contributed by atoms with Gasteiger partial charge in [0.15, 0.2) is 0 Å². The summed E-state index contributed by atoms with van der Waals surface area (Å²) >= 11 is 0. The first kappa shape index (κ1) is 26.4. The lowest BCUT2D eigenvalue weighted by molar-refractivity contribution is -0.110. The molecule has 40 heavy (non-hydrogen) atoms. The van der Waals surface area contributed by atoms with Gasteiger partial charge in [0.1, 0.15) is 0 Å². The van der Waals surface area contributed by atoms with Crippen LogP contribution in [0.15, 0.2) is 97.1 Å². The van der Waals surface area contributed by atoms with Crippen LogP contribution in [0.1, 0.15) is 38.2 Å². The molecule has 0 atom stereocenters. The molecule has 0 saturated carbocycles. The van der Waals surface area contributed by atoms with Gasteiger partial charge >= 0.3 is 0 Å². The Morgan fingerprint density at radius 2 is 1.65 bits per heavy atom. The van der Waals surface area contributed by atoms with Gasteiger partial charge in [-0.2, -0.15) is 5.26 Å². The molecule has 5 rings (SSSR count). The molecule has 0 radical (unpaired) electrons. The summed E-state index contributed by atoms with van der Waals surface area (Å²) in [7, 11) is 4.06. The summed E-state index contributed by atoms with van der Waals surface area (Å²) in [6.07, 6.45) is 0. The molecule has 3 N–H and O–H groups in total. The average Bonchev–Trinajstić information content (AvgIpc) is 3.30. The lowest BCUT2D eigenvalue weighted by Crippen LogP contribution is -2.22. The topological polar surface area (TPSA) is 97.3 Å². The fourth-order valence-corrected chi connectivity index (χ4v) is 4.68. The predicted molar refractivity (Wildman–Crippen MR) is 158 cm³/mol. The molecule has 0 spiro atoms. The Hall–Kier alpha value is -5.19. The van der Waals surface area contributed by atoms with Gasteiger partial charge in [0.05, 0.1) is 22.9 Å². The van der Waals surface area contributed by atoms with E-state index in [4.69, 9.17) is 5.26 Å². The van der Waals surface area contributed by atoms with Crippen LogP contribution in [0, 0.1) is 11.3 Å². The van der Waals surface area contributed by atoms with Crippen molar-refractivity contribution in [1.82, 2.24) is 10.2 Å². The normalized spacial score (nSPS) is 13.3. The molecule has 198 valence electrons. The molecule has 7 heteroatoms. The van der Waals surface area contributed by atoms with Gasteiger partial charge in [-0.25, -0.2) is 0 Å². The molecule has 1 aliphatic rings. The number of hydrogen-bond donors (Lipinski definition) is 3. The van der Waals surface area contributed by atoms with E-state index >= 15 is 0 Å². The molecule has 0 bridgehead atoms. The highest BCUT2D eigenvalue weighted by molar-refractivity contribution is 6.37. The second-order valence-electron chi connectivity index (χ2n) is 9.89. The van der Waals surface area contributed by atoms with Gasteiger partial charge in [-0.15, -0.1) is 0 Å². The minimum atomic E-state index is -0.269. The first-order valence-electron chi connectivity index (χ1n) is 12.9. The van der Waals surface area contributed by atoms with E-state index in [1.807, 2.05) is 62.6 Å². The SMILES string of the molecule is CN(C)Cc1ccc(NC(=C2C(=O)Nc3ccc(C(=O)NCc4cccc(C#N)c4)cc32)c2ccccc2)cc1.